The van der Waals surface area contributed by atoms with Crippen LogP contribution in [0.1, 0.15) is 33.6 Å². The molecule has 0 radical (unpaired) electrons. The average molecular weight is 481 g/mol. The van der Waals surface area contributed by atoms with Gasteiger partial charge in [0.1, 0.15) is 0 Å². The van der Waals surface area contributed by atoms with Crippen molar-refractivity contribution in [1.82, 2.24) is 0 Å². The fourth-order valence-corrected chi connectivity index (χ4v) is 5.65. The van der Waals surface area contributed by atoms with Crippen molar-refractivity contribution in [1.29, 1.82) is 0 Å². The molecule has 170 valence electrons. The summed E-state index contributed by atoms with van der Waals surface area (Å²) >= 11 is 3.16. The lowest BCUT2D eigenvalue weighted by atomic mass is 10.0. The SMILES string of the molecule is Cc1cc(SCc2sc(-c3ccc(C(F)(F)F)cc3)cc2CCO)ccc1CCC(=O)O. The van der Waals surface area contributed by atoms with Gasteiger partial charge in [0.15, 0.2) is 0 Å². The summed E-state index contributed by atoms with van der Waals surface area (Å²) < 4.78 is 38.5. The summed E-state index contributed by atoms with van der Waals surface area (Å²) in [6.45, 7) is 1.96. The zero-order valence-corrected chi connectivity index (χ0v) is 19.0. The first-order chi connectivity index (χ1) is 15.2. The Labute approximate surface area is 192 Å². The molecule has 0 unspecified atom stereocenters. The number of aliphatic hydroxyl groups excluding tert-OH is 1. The summed E-state index contributed by atoms with van der Waals surface area (Å²) in [4.78, 5) is 13.8. The fraction of sp³-hybridized carbons (Fsp3) is 0.292. The number of aliphatic hydroxyl groups is 1. The molecule has 1 aromatic heterocycles. The van der Waals surface area contributed by atoms with Gasteiger partial charge >= 0.3 is 12.1 Å². The normalized spacial score (nSPS) is 11.7. The molecular weight excluding hydrogens is 457 g/mol. The topological polar surface area (TPSA) is 57.5 Å². The van der Waals surface area contributed by atoms with Crippen LogP contribution in [0.4, 0.5) is 13.2 Å². The number of alkyl halides is 3. The van der Waals surface area contributed by atoms with Gasteiger partial charge in [0.2, 0.25) is 0 Å². The van der Waals surface area contributed by atoms with Gasteiger partial charge in [0.05, 0.1) is 5.56 Å². The van der Waals surface area contributed by atoms with Gasteiger partial charge in [0.25, 0.3) is 0 Å². The Morgan fingerprint density at radius 2 is 1.75 bits per heavy atom. The van der Waals surface area contributed by atoms with E-state index in [1.165, 1.54) is 23.5 Å². The van der Waals surface area contributed by atoms with Crippen molar-refractivity contribution in [3.63, 3.8) is 0 Å². The van der Waals surface area contributed by atoms with Crippen molar-refractivity contribution in [2.24, 2.45) is 0 Å². The van der Waals surface area contributed by atoms with Gasteiger partial charge < -0.3 is 10.2 Å². The minimum absolute atomic E-state index is 0.00175. The number of hydrogen-bond donors (Lipinski definition) is 2. The molecule has 3 aromatic rings. The highest BCUT2D eigenvalue weighted by Gasteiger charge is 2.30. The number of carboxylic acids is 1. The maximum Gasteiger partial charge on any atom is 0.416 e. The molecule has 3 nitrogen and oxygen atoms in total. The van der Waals surface area contributed by atoms with Crippen molar-refractivity contribution in [2.45, 2.75) is 43.0 Å². The number of thiophene rings is 1. The van der Waals surface area contributed by atoms with E-state index in [0.29, 0.717) is 18.6 Å². The second-order valence-corrected chi connectivity index (χ2v) is 9.56. The number of aliphatic carboxylic acids is 1. The maximum atomic E-state index is 12.8. The molecule has 0 saturated heterocycles. The monoisotopic (exact) mass is 480 g/mol. The summed E-state index contributed by atoms with van der Waals surface area (Å²) in [6, 6.07) is 13.1. The molecule has 0 fully saturated rings. The first-order valence-electron chi connectivity index (χ1n) is 10.0. The Hall–Kier alpha value is -2.29. The number of thioether (sulfide) groups is 1. The molecular formula is C24H23F3O3S2. The van der Waals surface area contributed by atoms with E-state index in [9.17, 15) is 23.1 Å². The predicted octanol–water partition coefficient (Wildman–Crippen LogP) is 6.59. The second-order valence-electron chi connectivity index (χ2n) is 7.38. The van der Waals surface area contributed by atoms with E-state index >= 15 is 0 Å². The van der Waals surface area contributed by atoms with E-state index in [0.717, 1.165) is 49.0 Å². The smallest absolute Gasteiger partial charge is 0.416 e. The Morgan fingerprint density at radius 1 is 1.03 bits per heavy atom. The summed E-state index contributed by atoms with van der Waals surface area (Å²) in [5.74, 6) is -0.144. The molecule has 0 spiro atoms. The number of hydrogen-bond acceptors (Lipinski definition) is 4. The van der Waals surface area contributed by atoms with Crippen LogP contribution in [0.15, 0.2) is 53.4 Å². The first-order valence-corrected chi connectivity index (χ1v) is 11.8. The lowest BCUT2D eigenvalue weighted by molar-refractivity contribution is -0.138. The Bertz CT molecular complexity index is 1070. The van der Waals surface area contributed by atoms with Gasteiger partial charge in [-0.2, -0.15) is 13.2 Å². The zero-order valence-electron chi connectivity index (χ0n) is 17.4. The van der Waals surface area contributed by atoms with Crippen molar-refractivity contribution < 1.29 is 28.2 Å². The Morgan fingerprint density at radius 3 is 2.34 bits per heavy atom. The van der Waals surface area contributed by atoms with Crippen LogP contribution < -0.4 is 0 Å². The van der Waals surface area contributed by atoms with E-state index in [1.807, 2.05) is 31.2 Å². The Balaban J connectivity index is 1.74. The summed E-state index contributed by atoms with van der Waals surface area (Å²) in [7, 11) is 0. The summed E-state index contributed by atoms with van der Waals surface area (Å²) in [6.07, 6.45) is -3.28. The van der Waals surface area contributed by atoms with Crippen LogP contribution in [0.5, 0.6) is 0 Å². The standard InChI is InChI=1S/C24H23F3O3S2/c1-15-12-20(8-4-16(15)5-9-23(29)30)31-14-22-18(10-11-28)13-21(32-22)17-2-6-19(7-3-17)24(25,26)27/h2-4,6-8,12-13,28H,5,9-11,14H2,1H3,(H,29,30). The number of rotatable bonds is 9. The molecule has 8 heteroatoms. The van der Waals surface area contributed by atoms with Crippen LogP contribution in [-0.2, 0) is 29.6 Å². The highest BCUT2D eigenvalue weighted by molar-refractivity contribution is 7.98. The van der Waals surface area contributed by atoms with Crippen LogP contribution in [-0.4, -0.2) is 22.8 Å². The van der Waals surface area contributed by atoms with Crippen molar-refractivity contribution in [3.05, 3.63) is 75.7 Å². The van der Waals surface area contributed by atoms with Gasteiger partial charge in [-0.15, -0.1) is 23.1 Å². The van der Waals surface area contributed by atoms with Gasteiger partial charge in [-0.05, 0) is 72.4 Å². The number of halogens is 3. The predicted molar refractivity (Wildman–Crippen MR) is 122 cm³/mol. The van der Waals surface area contributed by atoms with Crippen molar-refractivity contribution in [2.75, 3.05) is 6.61 Å². The van der Waals surface area contributed by atoms with E-state index < -0.39 is 17.7 Å². The molecule has 0 aliphatic carbocycles. The van der Waals surface area contributed by atoms with Crippen molar-refractivity contribution in [3.8, 4) is 10.4 Å². The number of carboxylic acid groups (broad SMARTS) is 1. The van der Waals surface area contributed by atoms with E-state index in [-0.39, 0.29) is 13.0 Å². The third-order valence-corrected chi connectivity index (χ3v) is 7.50. The van der Waals surface area contributed by atoms with E-state index in [4.69, 9.17) is 5.11 Å². The minimum atomic E-state index is -4.36. The molecule has 1 heterocycles. The first kappa shape index (κ1) is 24.4. The van der Waals surface area contributed by atoms with E-state index in [1.54, 1.807) is 11.8 Å². The van der Waals surface area contributed by atoms with Crippen LogP contribution in [0.25, 0.3) is 10.4 Å². The number of benzene rings is 2. The lowest BCUT2D eigenvalue weighted by Crippen LogP contribution is -2.03. The molecule has 0 amide bonds. The average Bonchev–Trinajstić information content (AvgIpc) is 3.14. The van der Waals surface area contributed by atoms with Gasteiger partial charge in [-0.25, -0.2) is 0 Å². The fourth-order valence-electron chi connectivity index (χ4n) is 3.32. The van der Waals surface area contributed by atoms with Crippen LogP contribution in [0, 0.1) is 6.92 Å². The number of carbonyl (C=O) groups is 1. The van der Waals surface area contributed by atoms with Gasteiger partial charge in [-0.1, -0.05) is 18.2 Å². The zero-order chi connectivity index (χ0) is 23.3. The van der Waals surface area contributed by atoms with Gasteiger partial charge in [-0.3, -0.25) is 4.79 Å². The minimum Gasteiger partial charge on any atom is -0.481 e. The molecule has 3 rings (SSSR count). The Kier molecular flexibility index (Phi) is 8.03. The molecule has 0 atom stereocenters. The second kappa shape index (κ2) is 10.6. The number of aryl methyl sites for hydroxylation is 2. The quantitative estimate of drug-likeness (QED) is 0.340. The van der Waals surface area contributed by atoms with Crippen LogP contribution >= 0.6 is 23.1 Å². The molecule has 0 aliphatic rings. The summed E-state index contributed by atoms with van der Waals surface area (Å²) in [5, 5.41) is 18.3. The largest absolute Gasteiger partial charge is 0.481 e. The van der Waals surface area contributed by atoms with Crippen molar-refractivity contribution >= 4 is 29.1 Å². The van der Waals surface area contributed by atoms with Gasteiger partial charge in [0, 0.05) is 33.4 Å². The highest BCUT2D eigenvalue weighted by Crippen LogP contribution is 2.37. The molecule has 0 bridgehead atoms. The molecule has 0 aliphatic heterocycles. The summed E-state index contributed by atoms with van der Waals surface area (Å²) in [5.41, 5.74) is 3.10. The van der Waals surface area contributed by atoms with Crippen LogP contribution in [0.3, 0.4) is 0 Å². The third-order valence-electron chi connectivity index (χ3n) is 5.07. The highest BCUT2D eigenvalue weighted by atomic mass is 32.2. The lowest BCUT2D eigenvalue weighted by Gasteiger charge is -2.08. The molecule has 0 saturated carbocycles. The van der Waals surface area contributed by atoms with Crippen LogP contribution in [0.2, 0.25) is 0 Å². The molecule has 2 N–H and O–H groups in total. The van der Waals surface area contributed by atoms with E-state index in [2.05, 4.69) is 0 Å². The third kappa shape index (κ3) is 6.37. The molecule has 32 heavy (non-hydrogen) atoms. The maximum absolute atomic E-state index is 12.8. The molecule has 2 aromatic carbocycles.